The molecular formula is C98H121ClF2N28O4. The second-order valence-corrected chi connectivity index (χ2v) is 39.9. The van der Waals surface area contributed by atoms with Crippen molar-refractivity contribution >= 4 is 82.8 Å². The number of aryl methyl sites for hydroxylation is 1. The Bertz CT molecular complexity index is 6080. The van der Waals surface area contributed by atoms with Crippen LogP contribution >= 0.6 is 11.6 Å². The molecule has 0 radical (unpaired) electrons. The number of hydrogen-bond acceptors (Lipinski definition) is 20. The number of likely N-dealkylation sites (N-methyl/N-ethyl adjacent to an activating group) is 4. The van der Waals surface area contributed by atoms with Gasteiger partial charge in [-0.05, 0) is 198 Å². The van der Waals surface area contributed by atoms with Gasteiger partial charge in [0.15, 0.2) is 0 Å². The zero-order chi connectivity index (χ0) is 93.3. The molecule has 11 aromatic rings. The maximum Gasteiger partial charge on any atom is 0.325 e. The lowest BCUT2D eigenvalue weighted by molar-refractivity contribution is 0.228. The van der Waals surface area contributed by atoms with Crippen LogP contribution in [0.1, 0.15) is 197 Å². The van der Waals surface area contributed by atoms with Crippen molar-refractivity contribution in [3.63, 3.8) is 0 Å². The topological polar surface area (TPSA) is 317 Å². The van der Waals surface area contributed by atoms with Crippen LogP contribution in [-0.2, 0) is 28.7 Å². The minimum atomic E-state index is -0.600. The average Bonchev–Trinajstić information content (AvgIpc) is 1.61. The first-order valence-electron chi connectivity index (χ1n) is 46.9. The SMILES string of the molecule is CC(C)[C@H]1CN(C)C(=O)N1c1ccnc(NC2(c3cn(-c4cccc(C5CC5)c4)cn3)CC2)n1.CC(C)[C@H]1CN(C)C(=O)N1c1ccnc(NC2(c3cn(CC4CCCCC4)cn3)CC2)n1.Cc1c(F)cc(-n2cnc(C3(Nc4nccc(N5C(=O)N(C)C[C@@H]5C(C)C)n4)CC3)c2)cc1F.Cc1ccc(-n2cnc(C3(Nc4nccc(N5C(=O)N(C)C[C@@H]5C(C)C)n4)CC3)c2)cc1Cl. The molecule has 4 saturated heterocycles. The second-order valence-electron chi connectivity index (χ2n) is 39.5. The summed E-state index contributed by atoms with van der Waals surface area (Å²) in [4.78, 5) is 120. The van der Waals surface area contributed by atoms with Crippen LogP contribution in [0, 0.1) is 55.1 Å². The van der Waals surface area contributed by atoms with Crippen molar-refractivity contribution < 1.29 is 28.0 Å². The summed E-state index contributed by atoms with van der Waals surface area (Å²) in [6.07, 6.45) is 39.0. The average molecular weight is 1830 g/mol. The molecule has 32 nitrogen and oxygen atoms in total. The number of carbonyl (C=O) groups excluding carboxylic acids is 4. The van der Waals surface area contributed by atoms with Crippen LogP contribution in [0.4, 0.5) is 75.0 Å². The largest absolute Gasteiger partial charge is 0.343 e. The number of imidazole rings is 4. The fourth-order valence-corrected chi connectivity index (χ4v) is 19.0. The highest BCUT2D eigenvalue weighted by atomic mass is 35.5. The number of halogens is 3. The lowest BCUT2D eigenvalue weighted by Crippen LogP contribution is -2.38. The molecule has 10 aliphatic rings. The van der Waals surface area contributed by atoms with Crippen molar-refractivity contribution in [2.45, 2.75) is 224 Å². The molecule has 6 aliphatic carbocycles. The first kappa shape index (κ1) is 90.8. The number of nitrogens with zero attached hydrogens (tertiary/aromatic N) is 24. The molecule has 8 amide bonds. The zero-order valence-corrected chi connectivity index (χ0v) is 79.1. The fraction of sp³-hybridized carbons (Fsp3) is 0.490. The number of urea groups is 4. The van der Waals surface area contributed by atoms with Gasteiger partial charge in [-0.15, -0.1) is 0 Å². The Morgan fingerprint density at radius 1 is 0.398 bits per heavy atom. The van der Waals surface area contributed by atoms with Crippen molar-refractivity contribution in [2.75, 3.05) is 95.2 Å². The van der Waals surface area contributed by atoms with E-state index in [4.69, 9.17) is 36.5 Å². The molecule has 12 heterocycles. The highest BCUT2D eigenvalue weighted by molar-refractivity contribution is 6.31. The summed E-state index contributed by atoms with van der Waals surface area (Å²) in [7, 11) is 7.31. The van der Waals surface area contributed by atoms with E-state index in [9.17, 15) is 28.0 Å². The van der Waals surface area contributed by atoms with Gasteiger partial charge in [-0.25, -0.2) is 67.8 Å². The highest BCUT2D eigenvalue weighted by Crippen LogP contribution is 2.52. The predicted octanol–water partition coefficient (Wildman–Crippen LogP) is 17.7. The van der Waals surface area contributed by atoms with Gasteiger partial charge in [0.1, 0.15) is 34.9 Å². The molecule has 133 heavy (non-hydrogen) atoms. The number of aromatic nitrogens is 16. The summed E-state index contributed by atoms with van der Waals surface area (Å²) in [5, 5.41) is 14.7. The normalized spacial score (nSPS) is 20.8. The van der Waals surface area contributed by atoms with Crippen molar-refractivity contribution in [3.05, 3.63) is 210 Å². The van der Waals surface area contributed by atoms with E-state index in [0.717, 1.165) is 114 Å². The molecule has 6 saturated carbocycles. The Labute approximate surface area is 780 Å². The van der Waals surface area contributed by atoms with E-state index in [-0.39, 0.29) is 76.4 Å². The van der Waals surface area contributed by atoms with Crippen LogP contribution in [0.15, 0.2) is 154 Å². The van der Waals surface area contributed by atoms with E-state index in [1.165, 1.54) is 69.6 Å². The molecule has 0 unspecified atom stereocenters. The summed E-state index contributed by atoms with van der Waals surface area (Å²) < 4.78 is 36.0. The zero-order valence-electron chi connectivity index (χ0n) is 78.3. The second kappa shape index (κ2) is 36.7. The van der Waals surface area contributed by atoms with Crippen molar-refractivity contribution in [2.24, 2.45) is 29.6 Å². The van der Waals surface area contributed by atoms with Gasteiger partial charge >= 0.3 is 24.1 Å². The van der Waals surface area contributed by atoms with Gasteiger partial charge in [-0.2, -0.15) is 19.9 Å². The van der Waals surface area contributed by atoms with Gasteiger partial charge in [-0.1, -0.05) is 104 Å². The molecular weight excluding hydrogens is 1710 g/mol. The monoisotopic (exact) mass is 1830 g/mol. The molecule has 4 aliphatic heterocycles. The van der Waals surface area contributed by atoms with Crippen LogP contribution in [-0.4, -0.2) is 200 Å². The van der Waals surface area contributed by atoms with Crippen molar-refractivity contribution in [1.29, 1.82) is 0 Å². The van der Waals surface area contributed by atoms with Crippen molar-refractivity contribution in [1.82, 2.24) is 97.7 Å². The van der Waals surface area contributed by atoms with Gasteiger partial charge in [-0.3, -0.25) is 19.6 Å². The van der Waals surface area contributed by atoms with Crippen LogP contribution in [0.3, 0.4) is 0 Å². The summed E-state index contributed by atoms with van der Waals surface area (Å²) in [6.45, 7) is 24.2. The summed E-state index contributed by atoms with van der Waals surface area (Å²) >= 11 is 6.30. The first-order valence-corrected chi connectivity index (χ1v) is 47.3. The number of anilines is 8. The van der Waals surface area contributed by atoms with Gasteiger partial charge < -0.3 is 59.1 Å². The Kier molecular flexibility index (Phi) is 25.0. The molecule has 21 rings (SSSR count). The van der Waals surface area contributed by atoms with E-state index in [2.05, 4.69) is 157 Å². The Morgan fingerprint density at radius 3 is 1.08 bits per heavy atom. The molecule has 8 aromatic heterocycles. The predicted molar refractivity (Wildman–Crippen MR) is 509 cm³/mol. The van der Waals surface area contributed by atoms with Crippen molar-refractivity contribution in [3.8, 4) is 17.1 Å². The maximum absolute atomic E-state index is 14.0. The third kappa shape index (κ3) is 19.1. The molecule has 35 heteroatoms. The third-order valence-corrected chi connectivity index (χ3v) is 28.5. The number of carbonyl (C=O) groups is 4. The number of nitrogens with one attached hydrogen (secondary N) is 4. The van der Waals surface area contributed by atoms with Gasteiger partial charge in [0.05, 0.1) is 100 Å². The van der Waals surface area contributed by atoms with E-state index in [0.29, 0.717) is 96.7 Å². The van der Waals surface area contributed by atoms with E-state index in [1.807, 2.05) is 86.7 Å². The molecule has 0 bridgehead atoms. The number of rotatable bonds is 26. The minimum absolute atomic E-state index is 0.00376. The number of benzene rings is 3. The fourth-order valence-electron chi connectivity index (χ4n) is 18.9. The van der Waals surface area contributed by atoms with Crippen LogP contribution in [0.25, 0.3) is 17.1 Å². The maximum atomic E-state index is 14.0. The first-order chi connectivity index (χ1) is 63.8. The van der Waals surface area contributed by atoms with Crippen LogP contribution < -0.4 is 40.9 Å². The lowest BCUT2D eigenvalue weighted by atomic mass is 9.89. The summed E-state index contributed by atoms with van der Waals surface area (Å²) in [6, 6.07) is 24.7. The van der Waals surface area contributed by atoms with Gasteiger partial charge in [0, 0.05) is 132 Å². The van der Waals surface area contributed by atoms with Crippen LogP contribution in [0.5, 0.6) is 0 Å². The molecule has 10 fully saturated rings. The third-order valence-electron chi connectivity index (χ3n) is 28.1. The molecule has 4 N–H and O–H groups in total. The van der Waals surface area contributed by atoms with E-state index < -0.39 is 17.2 Å². The van der Waals surface area contributed by atoms with E-state index >= 15 is 0 Å². The minimum Gasteiger partial charge on any atom is -0.343 e. The Morgan fingerprint density at radius 2 is 0.737 bits per heavy atom. The molecule has 4 atom stereocenters. The Balaban J connectivity index is 0.000000119. The quantitative estimate of drug-likeness (QED) is 0.0391. The van der Waals surface area contributed by atoms with E-state index in [1.54, 1.807) is 102 Å². The molecule has 3 aromatic carbocycles. The molecule has 698 valence electrons. The highest BCUT2D eigenvalue weighted by Gasteiger charge is 2.52. The number of amides is 8. The van der Waals surface area contributed by atoms with Gasteiger partial charge in [0.25, 0.3) is 0 Å². The molecule has 0 spiro atoms. The Hall–Kier alpha value is -12.8. The standard InChI is InChI=1S/C26H31N7O.C24H28ClN7O.C24H27F2N7O.C24H35N7O/c1-17(2)21-14-31(3)25(34)33(21)23-9-12-27-24(29-23)30-26(10-11-26)22-15-32(16-28-22)20-6-4-5-19(13-20)18-7-8-18;1-15(2)19-12-30(4)23(33)32(19)21-7-10-26-22(28-21)29-24(8-9-24)20-13-31(14-27-20)17-6-5-16(3)18(25)11-17;1-14(2)19-11-31(4)23(34)33(19)21-5-8-27-22(29-21)30-24(6-7-24)20-12-32(13-28-20)16-9-17(25)15(3)18(26)10-16;1-17(2)19-14-29(3)23(32)31(19)21-9-12-25-22(27-21)28-24(10-11-24)20-15-30(16-26-20)13-18-7-5-4-6-8-18/h4-6,9,12-13,15-18,21H,7-8,10-11,14H2,1-3H3,(H,27,29,30);5-7,10-11,13-15,19H,8-9,12H2,1-4H3,(H,26,28,29);5,8-10,12-14,19H,6-7,11H2,1-4H3,(H,27,29,30);9,12,15-19H,4-8,10-11,13-14H2,1-3H3,(H,25,27,28)/t21-;3*19-/m1111/s1. The summed E-state index contributed by atoms with van der Waals surface area (Å²) in [5.41, 5.74) is 7.44. The van der Waals surface area contributed by atoms with Gasteiger partial charge in [0.2, 0.25) is 23.8 Å². The number of hydrogen-bond donors (Lipinski definition) is 4. The lowest BCUT2D eigenvalue weighted by Gasteiger charge is -2.25. The summed E-state index contributed by atoms with van der Waals surface area (Å²) in [5.74, 6) is 6.05. The smallest absolute Gasteiger partial charge is 0.325 e. The van der Waals surface area contributed by atoms with Crippen LogP contribution in [0.2, 0.25) is 5.02 Å².